The van der Waals surface area contributed by atoms with Gasteiger partial charge >= 0.3 is 0 Å². The first-order valence-electron chi connectivity index (χ1n) is 9.60. The van der Waals surface area contributed by atoms with E-state index < -0.39 is 5.91 Å². The van der Waals surface area contributed by atoms with Gasteiger partial charge in [0.25, 0.3) is 11.8 Å². The van der Waals surface area contributed by atoms with E-state index in [1.54, 1.807) is 24.3 Å². The van der Waals surface area contributed by atoms with Gasteiger partial charge < -0.3 is 20.1 Å². The maximum Gasteiger partial charge on any atom is 0.269 e. The molecule has 2 heterocycles. The Hall–Kier alpha value is -3.03. The molecule has 1 saturated heterocycles. The number of H-pyrrole nitrogens is 1. The van der Waals surface area contributed by atoms with Crippen LogP contribution in [0.2, 0.25) is 0 Å². The van der Waals surface area contributed by atoms with Gasteiger partial charge in [-0.1, -0.05) is 0 Å². The molecule has 8 nitrogen and oxygen atoms in total. The molecule has 150 valence electrons. The third-order valence-corrected chi connectivity index (χ3v) is 4.76. The number of carbonyl (C=O) groups excluding carboxylic acids is 2. The predicted molar refractivity (Wildman–Crippen MR) is 104 cm³/mol. The summed E-state index contributed by atoms with van der Waals surface area (Å²) in [5, 5.41) is 6.82. The second kappa shape index (κ2) is 8.77. The van der Waals surface area contributed by atoms with E-state index in [2.05, 4.69) is 10.2 Å². The minimum absolute atomic E-state index is 0.0936. The molecule has 1 fully saturated rings. The number of hydrogen-bond acceptors (Lipinski definition) is 5. The summed E-state index contributed by atoms with van der Waals surface area (Å²) in [5.41, 5.74) is 6.73. The first-order valence-corrected chi connectivity index (χ1v) is 9.60. The van der Waals surface area contributed by atoms with Crippen molar-refractivity contribution in [1.82, 2.24) is 15.1 Å². The van der Waals surface area contributed by atoms with Gasteiger partial charge in [0.2, 0.25) is 0 Å². The zero-order chi connectivity index (χ0) is 20.1. The van der Waals surface area contributed by atoms with E-state index in [1.165, 1.54) is 0 Å². The number of likely N-dealkylation sites (tertiary alicyclic amines) is 1. The van der Waals surface area contributed by atoms with E-state index in [-0.39, 0.29) is 17.6 Å². The largest absolute Gasteiger partial charge is 0.490 e. The van der Waals surface area contributed by atoms with E-state index in [9.17, 15) is 9.59 Å². The SMILES string of the molecule is CCOc1ccc(C(=O)N2CCCCC2c2cc(C(N)=O)n[nH]2)cc1OCC. The number of amides is 2. The van der Waals surface area contributed by atoms with Crippen LogP contribution in [-0.4, -0.2) is 46.7 Å². The van der Waals surface area contributed by atoms with E-state index in [0.29, 0.717) is 36.8 Å². The van der Waals surface area contributed by atoms with Crippen LogP contribution >= 0.6 is 0 Å². The predicted octanol–water partition coefficient (Wildman–Crippen LogP) is 2.67. The molecule has 1 aromatic heterocycles. The first-order chi connectivity index (χ1) is 13.5. The van der Waals surface area contributed by atoms with Crippen LogP contribution in [0.4, 0.5) is 0 Å². The van der Waals surface area contributed by atoms with Gasteiger partial charge in [0.15, 0.2) is 11.5 Å². The number of primary amides is 1. The molecule has 1 aromatic carbocycles. The summed E-state index contributed by atoms with van der Waals surface area (Å²) in [5.74, 6) is 0.491. The Morgan fingerprint density at radius 2 is 1.93 bits per heavy atom. The van der Waals surface area contributed by atoms with Crippen molar-refractivity contribution in [2.24, 2.45) is 5.73 Å². The number of hydrogen-bond donors (Lipinski definition) is 2. The van der Waals surface area contributed by atoms with Crippen molar-refractivity contribution in [3.05, 3.63) is 41.2 Å². The highest BCUT2D eigenvalue weighted by Gasteiger charge is 2.30. The highest BCUT2D eigenvalue weighted by molar-refractivity contribution is 5.95. The van der Waals surface area contributed by atoms with Crippen LogP contribution in [0.1, 0.15) is 65.7 Å². The summed E-state index contributed by atoms with van der Waals surface area (Å²) in [6.07, 6.45) is 2.71. The Bertz CT molecular complexity index is 848. The lowest BCUT2D eigenvalue weighted by molar-refractivity contribution is 0.0605. The third-order valence-electron chi connectivity index (χ3n) is 4.76. The lowest BCUT2D eigenvalue weighted by atomic mass is 9.98. The highest BCUT2D eigenvalue weighted by atomic mass is 16.5. The second-order valence-corrected chi connectivity index (χ2v) is 6.61. The molecule has 1 aliphatic heterocycles. The zero-order valence-corrected chi connectivity index (χ0v) is 16.2. The van der Waals surface area contributed by atoms with Crippen LogP contribution in [0.25, 0.3) is 0 Å². The Labute approximate surface area is 164 Å². The highest BCUT2D eigenvalue weighted by Crippen LogP contribution is 2.34. The van der Waals surface area contributed by atoms with Crippen LogP contribution in [0.5, 0.6) is 11.5 Å². The molecule has 1 atom stereocenters. The van der Waals surface area contributed by atoms with E-state index in [1.807, 2.05) is 18.7 Å². The summed E-state index contributed by atoms with van der Waals surface area (Å²) in [4.78, 5) is 26.4. The smallest absolute Gasteiger partial charge is 0.269 e. The van der Waals surface area contributed by atoms with E-state index in [4.69, 9.17) is 15.2 Å². The fourth-order valence-electron chi connectivity index (χ4n) is 3.48. The minimum atomic E-state index is -0.593. The molecule has 3 rings (SSSR count). The van der Waals surface area contributed by atoms with Crippen LogP contribution in [0, 0.1) is 0 Å². The standard InChI is InChI=1S/C20H26N4O4/c1-3-27-17-9-8-13(11-18(17)28-4-2)20(26)24-10-6-5-7-16(24)14-12-15(19(21)25)23-22-14/h8-9,11-12,16H,3-7,10H2,1-2H3,(H2,21,25)(H,22,23). The number of carbonyl (C=O) groups is 2. The molecule has 3 N–H and O–H groups in total. The molecule has 0 spiro atoms. The van der Waals surface area contributed by atoms with Crippen LogP contribution < -0.4 is 15.2 Å². The van der Waals surface area contributed by atoms with Gasteiger partial charge in [-0.05, 0) is 57.4 Å². The number of ether oxygens (including phenoxy) is 2. The fourth-order valence-corrected chi connectivity index (χ4v) is 3.48. The maximum atomic E-state index is 13.3. The molecule has 0 aliphatic carbocycles. The Balaban J connectivity index is 1.88. The normalized spacial score (nSPS) is 16.6. The monoisotopic (exact) mass is 386 g/mol. The number of nitrogens with zero attached hydrogens (tertiary/aromatic N) is 2. The molecule has 28 heavy (non-hydrogen) atoms. The van der Waals surface area contributed by atoms with Gasteiger partial charge in [-0.3, -0.25) is 14.7 Å². The van der Waals surface area contributed by atoms with Gasteiger partial charge in [-0.15, -0.1) is 0 Å². The van der Waals surface area contributed by atoms with Crippen molar-refractivity contribution in [2.45, 2.75) is 39.2 Å². The van der Waals surface area contributed by atoms with Crippen LogP contribution in [0.15, 0.2) is 24.3 Å². The number of aromatic amines is 1. The van der Waals surface area contributed by atoms with Crippen molar-refractivity contribution in [1.29, 1.82) is 0 Å². The fraction of sp³-hybridized carbons (Fsp3) is 0.450. The van der Waals surface area contributed by atoms with Crippen molar-refractivity contribution < 1.29 is 19.1 Å². The van der Waals surface area contributed by atoms with Gasteiger partial charge in [0.1, 0.15) is 5.69 Å². The summed E-state index contributed by atoms with van der Waals surface area (Å²) in [6.45, 7) is 5.42. The molecule has 8 heteroatoms. The van der Waals surface area contributed by atoms with E-state index >= 15 is 0 Å². The zero-order valence-electron chi connectivity index (χ0n) is 16.2. The van der Waals surface area contributed by atoms with Crippen molar-refractivity contribution in [3.63, 3.8) is 0 Å². The number of aromatic nitrogens is 2. The van der Waals surface area contributed by atoms with Crippen LogP contribution in [-0.2, 0) is 0 Å². The Kier molecular flexibility index (Phi) is 6.18. The average molecular weight is 386 g/mol. The molecule has 0 radical (unpaired) electrons. The van der Waals surface area contributed by atoms with Gasteiger partial charge in [0.05, 0.1) is 24.9 Å². The molecular formula is C20H26N4O4. The molecule has 1 unspecified atom stereocenters. The van der Waals surface area contributed by atoms with Crippen molar-refractivity contribution >= 4 is 11.8 Å². The number of nitrogens with two attached hydrogens (primary N) is 1. The number of rotatable bonds is 7. The summed E-state index contributed by atoms with van der Waals surface area (Å²) >= 11 is 0. The minimum Gasteiger partial charge on any atom is -0.490 e. The maximum absolute atomic E-state index is 13.3. The summed E-state index contributed by atoms with van der Waals surface area (Å²) < 4.78 is 11.2. The number of piperidine rings is 1. The summed E-state index contributed by atoms with van der Waals surface area (Å²) in [7, 11) is 0. The third kappa shape index (κ3) is 4.11. The topological polar surface area (TPSA) is 111 Å². The van der Waals surface area contributed by atoms with Gasteiger partial charge in [-0.25, -0.2) is 0 Å². The van der Waals surface area contributed by atoms with Gasteiger partial charge in [-0.2, -0.15) is 5.10 Å². The number of benzene rings is 1. The van der Waals surface area contributed by atoms with E-state index in [0.717, 1.165) is 25.0 Å². The van der Waals surface area contributed by atoms with Crippen molar-refractivity contribution in [2.75, 3.05) is 19.8 Å². The molecule has 1 aliphatic rings. The quantitative estimate of drug-likeness (QED) is 0.760. The molecular weight excluding hydrogens is 360 g/mol. The summed E-state index contributed by atoms with van der Waals surface area (Å²) in [6, 6.07) is 6.70. The number of nitrogens with one attached hydrogen (secondary N) is 1. The Morgan fingerprint density at radius 1 is 1.18 bits per heavy atom. The van der Waals surface area contributed by atoms with Crippen molar-refractivity contribution in [3.8, 4) is 11.5 Å². The second-order valence-electron chi connectivity index (χ2n) is 6.61. The van der Waals surface area contributed by atoms with Crippen LogP contribution in [0.3, 0.4) is 0 Å². The lowest BCUT2D eigenvalue weighted by Gasteiger charge is -2.35. The molecule has 2 amide bonds. The lowest BCUT2D eigenvalue weighted by Crippen LogP contribution is -2.38. The average Bonchev–Trinajstić information content (AvgIpc) is 3.19. The molecule has 0 saturated carbocycles. The first kappa shape index (κ1) is 19.7. The Morgan fingerprint density at radius 3 is 2.61 bits per heavy atom. The molecule has 0 bridgehead atoms. The van der Waals surface area contributed by atoms with Gasteiger partial charge in [0, 0.05) is 12.1 Å². The molecule has 2 aromatic rings.